The number of carbonyl (C=O) groups excluding carboxylic acids is 1. The van der Waals surface area contributed by atoms with Crippen LogP contribution in [0.4, 0.5) is 5.69 Å². The number of hydrogen-bond donors (Lipinski definition) is 2. The first kappa shape index (κ1) is 15.4. The maximum absolute atomic E-state index is 11.7. The van der Waals surface area contributed by atoms with Crippen molar-refractivity contribution in [2.75, 3.05) is 18.2 Å². The molecule has 2 N–H and O–H groups in total. The molecule has 1 rings (SSSR count). The quantitative estimate of drug-likeness (QED) is 0.802. The van der Waals surface area contributed by atoms with Crippen molar-refractivity contribution in [1.29, 1.82) is 0 Å². The average molecular weight is 283 g/mol. The van der Waals surface area contributed by atoms with Crippen LogP contribution in [0.3, 0.4) is 0 Å². The molecule has 0 aliphatic rings. The summed E-state index contributed by atoms with van der Waals surface area (Å²) in [6.45, 7) is 1.79. The van der Waals surface area contributed by atoms with E-state index in [1.165, 1.54) is 18.9 Å². The lowest BCUT2D eigenvalue weighted by Crippen LogP contribution is -2.17. The van der Waals surface area contributed by atoms with Gasteiger partial charge in [0.15, 0.2) is 0 Å². The summed E-state index contributed by atoms with van der Waals surface area (Å²) in [5, 5.41) is 11.3. The van der Waals surface area contributed by atoms with Gasteiger partial charge in [0.05, 0.1) is 25.0 Å². The zero-order chi connectivity index (χ0) is 14.3. The fourth-order valence-corrected chi connectivity index (χ4v) is 2.23. The number of ether oxygens (including phenoxy) is 1. The number of anilines is 1. The highest BCUT2D eigenvalue weighted by Crippen LogP contribution is 2.23. The van der Waals surface area contributed by atoms with Crippen LogP contribution in [0.5, 0.6) is 5.75 Å². The standard InChI is InChI=1S/C13H17NO4S/c1-9(7-13(16)17)19-8-12(15)14-10-5-3-4-6-11(10)18-2/h3-6,9H,7-8H2,1-2H3,(H,14,15)(H,16,17). The molecule has 104 valence electrons. The van der Waals surface area contributed by atoms with Crippen molar-refractivity contribution in [3.8, 4) is 5.75 Å². The fourth-order valence-electron chi connectivity index (χ4n) is 1.46. The highest BCUT2D eigenvalue weighted by Gasteiger charge is 2.12. The van der Waals surface area contributed by atoms with Gasteiger partial charge in [0.25, 0.3) is 0 Å². The van der Waals surface area contributed by atoms with Crippen LogP contribution >= 0.6 is 11.8 Å². The van der Waals surface area contributed by atoms with Crippen molar-refractivity contribution in [2.45, 2.75) is 18.6 Å². The topological polar surface area (TPSA) is 75.6 Å². The molecule has 0 saturated heterocycles. The van der Waals surface area contributed by atoms with E-state index >= 15 is 0 Å². The summed E-state index contributed by atoms with van der Waals surface area (Å²) in [4.78, 5) is 22.2. The largest absolute Gasteiger partial charge is 0.495 e. The van der Waals surface area contributed by atoms with E-state index in [1.807, 2.05) is 6.07 Å². The van der Waals surface area contributed by atoms with Crippen LogP contribution in [-0.4, -0.2) is 35.1 Å². The predicted octanol–water partition coefficient (Wildman–Crippen LogP) is 2.23. The Balaban J connectivity index is 2.45. The molecule has 1 aromatic rings. The summed E-state index contributed by atoms with van der Waals surface area (Å²) < 4.78 is 5.13. The molecule has 1 amide bonds. The molecule has 0 aliphatic heterocycles. The first-order chi connectivity index (χ1) is 9.02. The van der Waals surface area contributed by atoms with E-state index in [0.29, 0.717) is 11.4 Å². The first-order valence-corrected chi connectivity index (χ1v) is 6.84. The molecule has 0 bridgehead atoms. The first-order valence-electron chi connectivity index (χ1n) is 5.79. The number of rotatable bonds is 7. The number of benzene rings is 1. The highest BCUT2D eigenvalue weighted by molar-refractivity contribution is 8.00. The van der Waals surface area contributed by atoms with Gasteiger partial charge in [0.1, 0.15) is 5.75 Å². The van der Waals surface area contributed by atoms with Crippen LogP contribution in [0.1, 0.15) is 13.3 Å². The third kappa shape index (κ3) is 5.65. The van der Waals surface area contributed by atoms with Crippen molar-refractivity contribution < 1.29 is 19.4 Å². The van der Waals surface area contributed by atoms with Crippen LogP contribution in [-0.2, 0) is 9.59 Å². The Morgan fingerprint density at radius 2 is 2.11 bits per heavy atom. The molecular weight excluding hydrogens is 266 g/mol. The van der Waals surface area contributed by atoms with Gasteiger partial charge in [-0.25, -0.2) is 0 Å². The van der Waals surface area contributed by atoms with Gasteiger partial charge in [-0.05, 0) is 12.1 Å². The summed E-state index contributed by atoms with van der Waals surface area (Å²) in [6, 6.07) is 7.13. The maximum atomic E-state index is 11.7. The van der Waals surface area contributed by atoms with Crippen molar-refractivity contribution in [1.82, 2.24) is 0 Å². The number of carboxylic acids is 1. The van der Waals surface area contributed by atoms with Crippen LogP contribution in [0.25, 0.3) is 0 Å². The number of aliphatic carboxylic acids is 1. The Morgan fingerprint density at radius 3 is 2.74 bits per heavy atom. The Bertz CT molecular complexity index is 450. The van der Waals surface area contributed by atoms with Gasteiger partial charge in [-0.15, -0.1) is 11.8 Å². The monoisotopic (exact) mass is 283 g/mol. The van der Waals surface area contributed by atoms with E-state index in [1.54, 1.807) is 25.1 Å². The molecule has 0 spiro atoms. The SMILES string of the molecule is COc1ccccc1NC(=O)CSC(C)CC(=O)O. The van der Waals surface area contributed by atoms with Crippen LogP contribution in [0.15, 0.2) is 24.3 Å². The summed E-state index contributed by atoms with van der Waals surface area (Å²) in [5.74, 6) is -0.219. The van der Waals surface area contributed by atoms with Gasteiger partial charge in [0, 0.05) is 5.25 Å². The molecule has 0 aromatic heterocycles. The molecule has 0 radical (unpaired) electrons. The number of methoxy groups -OCH3 is 1. The molecule has 0 fully saturated rings. The van der Waals surface area contributed by atoms with Gasteiger partial charge in [-0.2, -0.15) is 0 Å². The maximum Gasteiger partial charge on any atom is 0.304 e. The lowest BCUT2D eigenvalue weighted by molar-refractivity contribution is -0.136. The zero-order valence-corrected chi connectivity index (χ0v) is 11.7. The van der Waals surface area contributed by atoms with E-state index in [9.17, 15) is 9.59 Å². The smallest absolute Gasteiger partial charge is 0.304 e. The molecule has 19 heavy (non-hydrogen) atoms. The highest BCUT2D eigenvalue weighted by atomic mass is 32.2. The average Bonchev–Trinajstić information content (AvgIpc) is 2.36. The molecule has 1 unspecified atom stereocenters. The van der Waals surface area contributed by atoms with Gasteiger partial charge < -0.3 is 15.2 Å². The third-order valence-electron chi connectivity index (χ3n) is 2.34. The normalized spacial score (nSPS) is 11.7. The molecule has 0 aliphatic carbocycles. The molecule has 5 nitrogen and oxygen atoms in total. The lowest BCUT2D eigenvalue weighted by atomic mass is 10.3. The van der Waals surface area contributed by atoms with Crippen LogP contribution < -0.4 is 10.1 Å². The minimum absolute atomic E-state index is 0.0482. The molecule has 0 heterocycles. The van der Waals surface area contributed by atoms with E-state index in [-0.39, 0.29) is 23.3 Å². The van der Waals surface area contributed by atoms with Gasteiger partial charge in [-0.3, -0.25) is 9.59 Å². The van der Waals surface area contributed by atoms with E-state index in [2.05, 4.69) is 5.32 Å². The molecule has 0 saturated carbocycles. The van der Waals surface area contributed by atoms with E-state index in [0.717, 1.165) is 0 Å². The Kier molecular flexibility index (Phi) is 6.21. The van der Waals surface area contributed by atoms with Gasteiger partial charge >= 0.3 is 5.97 Å². The number of amides is 1. The van der Waals surface area contributed by atoms with E-state index in [4.69, 9.17) is 9.84 Å². The fraction of sp³-hybridized carbons (Fsp3) is 0.385. The van der Waals surface area contributed by atoms with Crippen molar-refractivity contribution in [3.63, 3.8) is 0 Å². The number of carboxylic acid groups (broad SMARTS) is 1. The Hall–Kier alpha value is -1.69. The lowest BCUT2D eigenvalue weighted by Gasteiger charge is -2.11. The van der Waals surface area contributed by atoms with Crippen LogP contribution in [0.2, 0.25) is 0 Å². The molecular formula is C13H17NO4S. The number of nitrogens with one attached hydrogen (secondary N) is 1. The molecule has 6 heteroatoms. The minimum Gasteiger partial charge on any atom is -0.495 e. The number of thioether (sulfide) groups is 1. The Morgan fingerprint density at radius 1 is 1.42 bits per heavy atom. The number of para-hydroxylation sites is 2. The third-order valence-corrected chi connectivity index (χ3v) is 3.51. The summed E-state index contributed by atoms with van der Waals surface area (Å²) in [7, 11) is 1.54. The summed E-state index contributed by atoms with van der Waals surface area (Å²) >= 11 is 1.31. The van der Waals surface area contributed by atoms with Gasteiger partial charge in [0.2, 0.25) is 5.91 Å². The number of carbonyl (C=O) groups is 2. The summed E-state index contributed by atoms with van der Waals surface area (Å²) in [6.07, 6.45) is 0.0482. The zero-order valence-electron chi connectivity index (χ0n) is 10.9. The van der Waals surface area contributed by atoms with Crippen LogP contribution in [0, 0.1) is 0 Å². The second kappa shape index (κ2) is 7.68. The second-order valence-corrected chi connectivity index (χ2v) is 5.39. The summed E-state index contributed by atoms with van der Waals surface area (Å²) in [5.41, 5.74) is 0.612. The Labute approximate surface area is 116 Å². The van der Waals surface area contributed by atoms with Crippen molar-refractivity contribution >= 4 is 29.3 Å². The molecule has 1 aromatic carbocycles. The second-order valence-electron chi connectivity index (χ2n) is 3.97. The minimum atomic E-state index is -0.856. The van der Waals surface area contributed by atoms with Crippen molar-refractivity contribution in [2.24, 2.45) is 0 Å². The number of hydrogen-bond acceptors (Lipinski definition) is 4. The van der Waals surface area contributed by atoms with E-state index < -0.39 is 5.97 Å². The molecule has 1 atom stereocenters. The van der Waals surface area contributed by atoms with Gasteiger partial charge in [-0.1, -0.05) is 19.1 Å². The predicted molar refractivity (Wildman–Crippen MR) is 75.8 cm³/mol. The van der Waals surface area contributed by atoms with Crippen molar-refractivity contribution in [3.05, 3.63) is 24.3 Å².